The monoisotopic (exact) mass is 366 g/mol. The number of benzene rings is 1. The summed E-state index contributed by atoms with van der Waals surface area (Å²) < 4.78 is 5.24. The molecule has 1 aromatic carbocycles. The van der Waals surface area contributed by atoms with Crippen LogP contribution in [-0.4, -0.2) is 53.5 Å². The van der Waals surface area contributed by atoms with Gasteiger partial charge in [0.1, 0.15) is 11.6 Å². The van der Waals surface area contributed by atoms with Gasteiger partial charge in [0.25, 0.3) is 5.91 Å². The largest absolute Gasteiger partial charge is 0.497 e. The van der Waals surface area contributed by atoms with Crippen LogP contribution in [0.5, 0.6) is 5.75 Å². The van der Waals surface area contributed by atoms with E-state index in [9.17, 15) is 4.79 Å². The molecule has 142 valence electrons. The van der Waals surface area contributed by atoms with Gasteiger partial charge in [0.15, 0.2) is 0 Å². The number of pyridine rings is 1. The Morgan fingerprint density at radius 1 is 1.15 bits per heavy atom. The van der Waals surface area contributed by atoms with Crippen LogP contribution < -0.4 is 10.5 Å². The van der Waals surface area contributed by atoms with Crippen molar-refractivity contribution in [3.8, 4) is 5.75 Å². The molecular formula is C21H26N4O2. The molecular weight excluding hydrogens is 340 g/mol. The molecule has 0 radical (unpaired) electrons. The highest BCUT2D eigenvalue weighted by atomic mass is 16.5. The van der Waals surface area contributed by atoms with Gasteiger partial charge in [-0.1, -0.05) is 12.1 Å². The number of hydrogen-bond acceptors (Lipinski definition) is 5. The number of piperidine rings is 1. The summed E-state index contributed by atoms with van der Waals surface area (Å²) in [6.07, 6.45) is 3.84. The Morgan fingerprint density at radius 2 is 1.96 bits per heavy atom. The molecule has 3 fully saturated rings. The molecule has 3 saturated heterocycles. The number of rotatable bonds is 4. The van der Waals surface area contributed by atoms with Crippen LogP contribution in [0.15, 0.2) is 42.6 Å². The van der Waals surface area contributed by atoms with Crippen LogP contribution in [-0.2, 0) is 6.54 Å². The van der Waals surface area contributed by atoms with Crippen molar-refractivity contribution < 1.29 is 9.53 Å². The van der Waals surface area contributed by atoms with Crippen LogP contribution in [0, 0.1) is 5.92 Å². The summed E-state index contributed by atoms with van der Waals surface area (Å²) in [6, 6.07) is 12.0. The first-order valence-corrected chi connectivity index (χ1v) is 9.50. The second-order valence-electron chi connectivity index (χ2n) is 7.57. The van der Waals surface area contributed by atoms with E-state index in [4.69, 9.17) is 10.5 Å². The SMILES string of the molecule is COc1ccc(CN2CC3CCC(C2)N(C(=O)c2ccc(N)nc2)C3)cc1. The molecule has 0 saturated carbocycles. The zero-order valence-corrected chi connectivity index (χ0v) is 15.7. The van der Waals surface area contributed by atoms with E-state index in [-0.39, 0.29) is 11.9 Å². The van der Waals surface area contributed by atoms with Gasteiger partial charge in [0.05, 0.1) is 12.7 Å². The van der Waals surface area contributed by atoms with Gasteiger partial charge >= 0.3 is 0 Å². The van der Waals surface area contributed by atoms with Gasteiger partial charge < -0.3 is 15.4 Å². The number of fused-ring (bicyclic) bond motifs is 4. The van der Waals surface area contributed by atoms with Gasteiger partial charge in [-0.05, 0) is 48.6 Å². The fourth-order valence-electron chi connectivity index (χ4n) is 4.24. The van der Waals surface area contributed by atoms with Gasteiger partial charge in [-0.3, -0.25) is 9.69 Å². The Morgan fingerprint density at radius 3 is 2.67 bits per heavy atom. The van der Waals surface area contributed by atoms with E-state index in [1.54, 1.807) is 25.4 Å². The molecule has 1 aromatic heterocycles. The lowest BCUT2D eigenvalue weighted by Gasteiger charge is -2.36. The minimum Gasteiger partial charge on any atom is -0.497 e. The molecule has 1 amide bonds. The second-order valence-corrected chi connectivity index (χ2v) is 7.57. The molecule has 3 aliphatic rings. The number of nitrogens with zero attached hydrogens (tertiary/aromatic N) is 3. The first-order chi connectivity index (χ1) is 13.1. The molecule has 27 heavy (non-hydrogen) atoms. The quantitative estimate of drug-likeness (QED) is 0.900. The van der Waals surface area contributed by atoms with Crippen molar-refractivity contribution in [1.29, 1.82) is 0 Å². The van der Waals surface area contributed by atoms with Crippen LogP contribution in [0.4, 0.5) is 5.82 Å². The minimum absolute atomic E-state index is 0.0727. The third kappa shape index (κ3) is 3.90. The molecule has 3 aliphatic heterocycles. The highest BCUT2D eigenvalue weighted by Crippen LogP contribution is 2.30. The molecule has 4 heterocycles. The van der Waals surface area contributed by atoms with E-state index in [1.807, 2.05) is 12.1 Å². The molecule has 6 nitrogen and oxygen atoms in total. The highest BCUT2D eigenvalue weighted by Gasteiger charge is 2.37. The minimum atomic E-state index is 0.0727. The van der Waals surface area contributed by atoms with Crippen LogP contribution in [0.3, 0.4) is 0 Å². The Hall–Kier alpha value is -2.60. The van der Waals surface area contributed by atoms with Crippen molar-refractivity contribution in [3.63, 3.8) is 0 Å². The summed E-state index contributed by atoms with van der Waals surface area (Å²) in [6.45, 7) is 3.68. The molecule has 2 bridgehead atoms. The number of nitrogens with two attached hydrogens (primary N) is 1. The topological polar surface area (TPSA) is 71.7 Å². The number of methoxy groups -OCH3 is 1. The van der Waals surface area contributed by atoms with Crippen molar-refractivity contribution in [3.05, 3.63) is 53.7 Å². The molecule has 2 aromatic rings. The number of carbonyl (C=O) groups is 1. The summed E-state index contributed by atoms with van der Waals surface area (Å²) in [5.74, 6) is 1.91. The van der Waals surface area contributed by atoms with Gasteiger partial charge in [0, 0.05) is 38.4 Å². The van der Waals surface area contributed by atoms with E-state index in [0.717, 1.165) is 38.3 Å². The lowest BCUT2D eigenvalue weighted by Crippen LogP contribution is -2.47. The summed E-state index contributed by atoms with van der Waals surface area (Å²) >= 11 is 0. The number of ether oxygens (including phenoxy) is 1. The van der Waals surface area contributed by atoms with Gasteiger partial charge in [-0.2, -0.15) is 0 Å². The van der Waals surface area contributed by atoms with Crippen molar-refractivity contribution in [2.24, 2.45) is 5.92 Å². The van der Waals surface area contributed by atoms with Crippen LogP contribution in [0.25, 0.3) is 0 Å². The van der Waals surface area contributed by atoms with Gasteiger partial charge in [0.2, 0.25) is 0 Å². The predicted octanol–water partition coefficient (Wildman–Crippen LogP) is 2.41. The van der Waals surface area contributed by atoms with Crippen molar-refractivity contribution in [2.75, 3.05) is 32.5 Å². The first-order valence-electron chi connectivity index (χ1n) is 9.50. The maximum Gasteiger partial charge on any atom is 0.255 e. The Kier molecular flexibility index (Phi) is 4.99. The smallest absolute Gasteiger partial charge is 0.255 e. The summed E-state index contributed by atoms with van der Waals surface area (Å²) in [7, 11) is 1.68. The van der Waals surface area contributed by atoms with Crippen LogP contribution in [0.1, 0.15) is 28.8 Å². The van der Waals surface area contributed by atoms with Crippen molar-refractivity contribution in [1.82, 2.24) is 14.8 Å². The Labute approximate surface area is 159 Å². The molecule has 5 rings (SSSR count). The molecule has 0 aliphatic carbocycles. The zero-order chi connectivity index (χ0) is 18.8. The Bertz CT molecular complexity index is 791. The van der Waals surface area contributed by atoms with Crippen molar-refractivity contribution >= 4 is 11.7 Å². The lowest BCUT2D eigenvalue weighted by atomic mass is 9.94. The first kappa shape index (κ1) is 17.8. The van der Waals surface area contributed by atoms with E-state index in [0.29, 0.717) is 17.3 Å². The lowest BCUT2D eigenvalue weighted by molar-refractivity contribution is 0.0584. The van der Waals surface area contributed by atoms with Gasteiger partial charge in [-0.25, -0.2) is 4.98 Å². The molecule has 2 atom stereocenters. The van der Waals surface area contributed by atoms with Crippen LogP contribution >= 0.6 is 0 Å². The average Bonchev–Trinajstić information content (AvgIpc) is 2.99. The maximum atomic E-state index is 13.0. The normalized spacial score (nSPS) is 22.5. The zero-order valence-electron chi connectivity index (χ0n) is 15.7. The molecule has 2 unspecified atom stereocenters. The maximum absolute atomic E-state index is 13.0. The van der Waals surface area contributed by atoms with Crippen molar-refractivity contribution in [2.45, 2.75) is 25.4 Å². The van der Waals surface area contributed by atoms with E-state index >= 15 is 0 Å². The van der Waals surface area contributed by atoms with E-state index in [2.05, 4.69) is 26.9 Å². The predicted molar refractivity (Wildman–Crippen MR) is 104 cm³/mol. The summed E-state index contributed by atoms with van der Waals surface area (Å²) in [5, 5.41) is 0. The van der Waals surface area contributed by atoms with Crippen LogP contribution in [0.2, 0.25) is 0 Å². The fraction of sp³-hybridized carbons (Fsp3) is 0.429. The number of hydrogen-bond donors (Lipinski definition) is 1. The third-order valence-corrected chi connectivity index (χ3v) is 5.65. The second kappa shape index (κ2) is 7.56. The Balaban J connectivity index is 1.46. The average molecular weight is 366 g/mol. The number of carbonyl (C=O) groups excluding carboxylic acids is 1. The van der Waals surface area contributed by atoms with E-state index in [1.165, 1.54) is 12.0 Å². The highest BCUT2D eigenvalue weighted by molar-refractivity contribution is 5.94. The standard InChI is InChI=1S/C21H26N4O2/c1-27-19-7-3-15(4-8-19)11-24-12-16-2-6-18(14-24)25(13-16)21(26)17-5-9-20(22)23-10-17/h3-5,7-10,16,18H,2,6,11-14H2,1H3,(H2,22,23). The third-order valence-electron chi connectivity index (χ3n) is 5.65. The molecule has 2 N–H and O–H groups in total. The summed E-state index contributed by atoms with van der Waals surface area (Å²) in [5.41, 5.74) is 7.55. The number of anilines is 1. The fourth-order valence-corrected chi connectivity index (χ4v) is 4.24. The number of amides is 1. The number of aromatic nitrogens is 1. The van der Waals surface area contributed by atoms with E-state index < -0.39 is 0 Å². The number of nitrogen functional groups attached to an aromatic ring is 1. The summed E-state index contributed by atoms with van der Waals surface area (Å²) in [4.78, 5) is 21.6. The molecule has 6 heteroatoms. The van der Waals surface area contributed by atoms with Gasteiger partial charge in [-0.15, -0.1) is 0 Å². The molecule has 0 spiro atoms.